The molecule has 0 bridgehead atoms. The number of rotatable bonds is 9. The Labute approximate surface area is 195 Å². The molecule has 3 rings (SSSR count). The van der Waals surface area contributed by atoms with Crippen LogP contribution in [0.1, 0.15) is 41.6 Å². The van der Waals surface area contributed by atoms with Gasteiger partial charge in [0.1, 0.15) is 16.4 Å². The lowest BCUT2D eigenvalue weighted by molar-refractivity contribution is -0.143. The summed E-state index contributed by atoms with van der Waals surface area (Å²) in [5.41, 5.74) is 1.11. The average molecular weight is 469 g/mol. The highest BCUT2D eigenvalue weighted by atomic mass is 32.1. The van der Waals surface area contributed by atoms with E-state index in [4.69, 9.17) is 0 Å². The summed E-state index contributed by atoms with van der Waals surface area (Å²) in [4.78, 5) is 37.9. The number of benzene rings is 2. The van der Waals surface area contributed by atoms with Crippen LogP contribution in [0.5, 0.6) is 0 Å². The van der Waals surface area contributed by atoms with Gasteiger partial charge in [0.05, 0.1) is 12.1 Å². The molecule has 8 heteroatoms. The standard InChI is InChI=1S/C25H25FN2O4S/c1-4-19-13-20(23(33-19)28-21(29)14-27-25(2,3)24(31)32)22(30)17-7-5-6-16(12-17)15-8-10-18(26)11-9-15/h5-13,27H,4,14H2,1-3H3,(H,28,29)(H,31,32). The Morgan fingerprint density at radius 1 is 1.03 bits per heavy atom. The minimum Gasteiger partial charge on any atom is -0.480 e. The van der Waals surface area contributed by atoms with Gasteiger partial charge in [0.25, 0.3) is 0 Å². The van der Waals surface area contributed by atoms with Gasteiger partial charge in [0, 0.05) is 10.4 Å². The highest BCUT2D eigenvalue weighted by molar-refractivity contribution is 7.16. The normalized spacial score (nSPS) is 11.3. The molecular weight excluding hydrogens is 443 g/mol. The predicted molar refractivity (Wildman–Crippen MR) is 127 cm³/mol. The number of nitrogens with one attached hydrogen (secondary N) is 2. The molecule has 6 nitrogen and oxygen atoms in total. The molecule has 0 radical (unpaired) electrons. The number of carbonyl (C=O) groups excluding carboxylic acids is 2. The Morgan fingerprint density at radius 3 is 2.36 bits per heavy atom. The van der Waals surface area contributed by atoms with Crippen LogP contribution in [-0.2, 0) is 16.0 Å². The molecule has 0 saturated carbocycles. The number of carbonyl (C=O) groups is 3. The molecule has 2 aromatic carbocycles. The van der Waals surface area contributed by atoms with Gasteiger partial charge in [-0.2, -0.15) is 0 Å². The molecular formula is C25H25FN2O4S. The van der Waals surface area contributed by atoms with E-state index in [0.717, 1.165) is 16.0 Å². The second-order valence-electron chi connectivity index (χ2n) is 8.06. The number of halogens is 1. The van der Waals surface area contributed by atoms with Gasteiger partial charge in [-0.05, 0) is 55.7 Å². The van der Waals surface area contributed by atoms with Gasteiger partial charge < -0.3 is 10.4 Å². The summed E-state index contributed by atoms with van der Waals surface area (Å²) < 4.78 is 13.3. The second kappa shape index (κ2) is 10.1. The van der Waals surface area contributed by atoms with E-state index in [1.54, 1.807) is 36.4 Å². The van der Waals surface area contributed by atoms with E-state index in [-0.39, 0.29) is 18.1 Å². The summed E-state index contributed by atoms with van der Waals surface area (Å²) in [5.74, 6) is -2.10. The first-order valence-corrected chi connectivity index (χ1v) is 11.2. The van der Waals surface area contributed by atoms with Crippen molar-refractivity contribution in [1.29, 1.82) is 0 Å². The smallest absolute Gasteiger partial charge is 0.323 e. The highest BCUT2D eigenvalue weighted by Crippen LogP contribution is 2.31. The average Bonchev–Trinajstić information content (AvgIpc) is 3.20. The Hall–Kier alpha value is -3.36. The van der Waals surface area contributed by atoms with Crippen molar-refractivity contribution in [3.63, 3.8) is 0 Å². The molecule has 3 aromatic rings. The fraction of sp³-hybridized carbons (Fsp3) is 0.240. The number of carboxylic acid groups (broad SMARTS) is 1. The molecule has 1 amide bonds. The molecule has 0 aliphatic carbocycles. The van der Waals surface area contributed by atoms with Crippen LogP contribution in [0.4, 0.5) is 9.39 Å². The molecule has 0 aliphatic rings. The van der Waals surface area contributed by atoms with E-state index >= 15 is 0 Å². The van der Waals surface area contributed by atoms with Crippen LogP contribution in [0, 0.1) is 5.82 Å². The lowest BCUT2D eigenvalue weighted by Gasteiger charge is -2.20. The third-order valence-electron chi connectivity index (χ3n) is 5.16. The maximum atomic E-state index is 13.3. The van der Waals surface area contributed by atoms with Crippen LogP contribution in [0.15, 0.2) is 54.6 Å². The lowest BCUT2D eigenvalue weighted by atomic mass is 9.99. The fourth-order valence-electron chi connectivity index (χ4n) is 3.06. The van der Waals surface area contributed by atoms with E-state index in [1.807, 2.05) is 13.0 Å². The van der Waals surface area contributed by atoms with Crippen molar-refractivity contribution >= 4 is 34.0 Å². The quantitative estimate of drug-likeness (QED) is 0.394. The van der Waals surface area contributed by atoms with Crippen LogP contribution in [0.25, 0.3) is 11.1 Å². The molecule has 3 N–H and O–H groups in total. The zero-order valence-electron chi connectivity index (χ0n) is 18.6. The SMILES string of the molecule is CCc1cc(C(=O)c2cccc(-c3ccc(F)cc3)c2)c(NC(=O)CNC(C)(C)C(=O)O)s1. The van der Waals surface area contributed by atoms with Gasteiger partial charge in [0.2, 0.25) is 5.91 Å². The van der Waals surface area contributed by atoms with Crippen LogP contribution in [-0.4, -0.2) is 34.8 Å². The summed E-state index contributed by atoms with van der Waals surface area (Å²) in [5, 5.41) is 15.0. The Morgan fingerprint density at radius 2 is 1.73 bits per heavy atom. The van der Waals surface area contributed by atoms with Crippen LogP contribution in [0.3, 0.4) is 0 Å². The first-order chi connectivity index (χ1) is 15.6. The van der Waals surface area contributed by atoms with Gasteiger partial charge in [0.15, 0.2) is 5.78 Å². The molecule has 172 valence electrons. The number of anilines is 1. The van der Waals surface area contributed by atoms with Crippen molar-refractivity contribution in [2.24, 2.45) is 0 Å². The van der Waals surface area contributed by atoms with Gasteiger partial charge in [-0.25, -0.2) is 4.39 Å². The minimum atomic E-state index is -1.26. The predicted octanol–water partition coefficient (Wildman–Crippen LogP) is 4.74. The van der Waals surface area contributed by atoms with Gasteiger partial charge in [-0.15, -0.1) is 11.3 Å². The van der Waals surface area contributed by atoms with E-state index in [9.17, 15) is 23.9 Å². The number of ketones is 1. The van der Waals surface area contributed by atoms with Gasteiger partial charge >= 0.3 is 5.97 Å². The molecule has 1 heterocycles. The summed E-state index contributed by atoms with van der Waals surface area (Å²) in [7, 11) is 0. The maximum absolute atomic E-state index is 13.3. The largest absolute Gasteiger partial charge is 0.480 e. The highest BCUT2D eigenvalue weighted by Gasteiger charge is 2.27. The summed E-state index contributed by atoms with van der Waals surface area (Å²) in [6, 6.07) is 14.8. The molecule has 0 aliphatic heterocycles. The molecule has 0 spiro atoms. The summed E-state index contributed by atoms with van der Waals surface area (Å²) in [6.45, 7) is 4.67. The van der Waals surface area contributed by atoms with Gasteiger partial charge in [-0.1, -0.05) is 37.3 Å². The van der Waals surface area contributed by atoms with Crippen molar-refractivity contribution in [2.75, 3.05) is 11.9 Å². The number of hydrogen-bond acceptors (Lipinski definition) is 5. The monoisotopic (exact) mass is 468 g/mol. The van der Waals surface area contributed by atoms with Crippen molar-refractivity contribution in [1.82, 2.24) is 5.32 Å². The number of amides is 1. The number of thiophene rings is 1. The topological polar surface area (TPSA) is 95.5 Å². The summed E-state index contributed by atoms with van der Waals surface area (Å²) >= 11 is 1.31. The second-order valence-corrected chi connectivity index (χ2v) is 9.19. The van der Waals surface area contributed by atoms with Crippen molar-refractivity contribution in [2.45, 2.75) is 32.7 Å². The van der Waals surface area contributed by atoms with Crippen molar-refractivity contribution in [3.8, 4) is 11.1 Å². The zero-order chi connectivity index (χ0) is 24.2. The van der Waals surface area contributed by atoms with Crippen molar-refractivity contribution in [3.05, 3.63) is 76.4 Å². The molecule has 0 fully saturated rings. The fourth-order valence-corrected chi connectivity index (χ4v) is 4.07. The zero-order valence-corrected chi connectivity index (χ0v) is 19.4. The minimum absolute atomic E-state index is 0.216. The van der Waals surface area contributed by atoms with Crippen LogP contribution < -0.4 is 10.6 Å². The Balaban J connectivity index is 1.83. The molecule has 1 aromatic heterocycles. The van der Waals surface area contributed by atoms with E-state index in [0.29, 0.717) is 22.5 Å². The molecule has 0 atom stereocenters. The third kappa shape index (κ3) is 5.91. The number of carboxylic acids is 1. The lowest BCUT2D eigenvalue weighted by Crippen LogP contribution is -2.49. The van der Waals surface area contributed by atoms with E-state index in [2.05, 4.69) is 10.6 Å². The third-order valence-corrected chi connectivity index (χ3v) is 6.35. The van der Waals surface area contributed by atoms with E-state index < -0.39 is 17.4 Å². The van der Waals surface area contributed by atoms with Crippen LogP contribution in [0.2, 0.25) is 0 Å². The molecule has 0 unspecified atom stereocenters. The number of aliphatic carboxylic acids is 1. The Bertz CT molecular complexity index is 1190. The van der Waals surface area contributed by atoms with Crippen LogP contribution >= 0.6 is 11.3 Å². The molecule has 0 saturated heterocycles. The molecule has 33 heavy (non-hydrogen) atoms. The Kier molecular flexibility index (Phi) is 7.40. The van der Waals surface area contributed by atoms with Gasteiger partial charge in [-0.3, -0.25) is 19.7 Å². The van der Waals surface area contributed by atoms with Crippen molar-refractivity contribution < 1.29 is 23.9 Å². The first-order valence-electron chi connectivity index (χ1n) is 10.4. The summed E-state index contributed by atoms with van der Waals surface area (Å²) in [6.07, 6.45) is 0.695. The first kappa shape index (κ1) is 24.3. The number of aryl methyl sites for hydroxylation is 1. The number of hydrogen-bond donors (Lipinski definition) is 3. The van der Waals surface area contributed by atoms with E-state index in [1.165, 1.54) is 37.3 Å². The maximum Gasteiger partial charge on any atom is 0.323 e.